The second-order valence-electron chi connectivity index (χ2n) is 16.7. The van der Waals surface area contributed by atoms with Gasteiger partial charge in [-0.1, -0.05) is 125 Å². The number of ketones is 2. The van der Waals surface area contributed by atoms with Crippen LogP contribution in [0.2, 0.25) is 0 Å². The molecule has 0 saturated heterocycles. The van der Waals surface area contributed by atoms with Crippen molar-refractivity contribution < 1.29 is 34.8 Å². The first-order valence-electron chi connectivity index (χ1n) is 19.1. The van der Waals surface area contributed by atoms with Crippen LogP contribution < -0.4 is 8.37 Å². The van der Waals surface area contributed by atoms with Crippen LogP contribution in [-0.2, 0) is 31.1 Å². The van der Waals surface area contributed by atoms with Crippen molar-refractivity contribution in [3.63, 3.8) is 0 Å². The molecule has 8 nitrogen and oxygen atoms in total. The largest absolute Gasteiger partial charge is 0.378 e. The summed E-state index contributed by atoms with van der Waals surface area (Å²) in [6.07, 6.45) is 0. The predicted molar refractivity (Wildman–Crippen MR) is 236 cm³/mol. The van der Waals surface area contributed by atoms with Crippen molar-refractivity contribution in [2.45, 2.75) is 95.6 Å². The van der Waals surface area contributed by atoms with E-state index in [9.17, 15) is 16.8 Å². The van der Waals surface area contributed by atoms with Crippen LogP contribution in [0.25, 0.3) is 0 Å². The molecule has 0 atom stereocenters. The predicted octanol–water partition coefficient (Wildman–Crippen LogP) is 11.5. The number of hydrogen-bond donors (Lipinski definition) is 0. The van der Waals surface area contributed by atoms with Crippen LogP contribution in [-0.4, -0.2) is 28.4 Å². The van der Waals surface area contributed by atoms with Gasteiger partial charge in [0.05, 0.1) is 11.1 Å². The van der Waals surface area contributed by atoms with Crippen molar-refractivity contribution in [2.75, 3.05) is 0 Å². The van der Waals surface area contributed by atoms with Gasteiger partial charge in [0.2, 0.25) is 0 Å². The third-order valence-electron chi connectivity index (χ3n) is 10.1. The number of carbonyl (C=O) groups excluding carboxylic acids is 2. The Morgan fingerprint density at radius 1 is 0.417 bits per heavy atom. The molecule has 0 bridgehead atoms. The molecule has 308 valence electrons. The van der Waals surface area contributed by atoms with Crippen LogP contribution in [0.5, 0.6) is 11.5 Å². The van der Waals surface area contributed by atoms with Gasteiger partial charge in [0, 0.05) is 30.7 Å². The van der Waals surface area contributed by atoms with Crippen molar-refractivity contribution in [3.05, 3.63) is 166 Å². The van der Waals surface area contributed by atoms with Crippen molar-refractivity contribution in [1.29, 1.82) is 0 Å². The Morgan fingerprint density at radius 2 is 0.733 bits per heavy atom. The fourth-order valence-corrected chi connectivity index (χ4v) is 10.4. The van der Waals surface area contributed by atoms with E-state index in [1.807, 2.05) is 48.5 Å². The van der Waals surface area contributed by atoms with Crippen molar-refractivity contribution >= 4 is 55.3 Å². The van der Waals surface area contributed by atoms with Gasteiger partial charge in [0.15, 0.2) is 23.1 Å². The molecule has 0 N–H and O–H groups in total. The van der Waals surface area contributed by atoms with E-state index in [0.29, 0.717) is 9.79 Å². The molecule has 0 aliphatic heterocycles. The second-order valence-corrected chi connectivity index (χ2v) is 22.1. The SMILES string of the molecule is Cc1ccc(S(=O)(=O)Oc2ccc(OS(=O)(=O)c3ccc(C)cc3)c3c2C(=O)c2c(Sc4ccc(C(C)(C)C)cc4)ccc(Sc4ccc(C(C)(C)C)cc4)c2C3=O)cc1. The molecular formula is C48H44O8S4. The maximum Gasteiger partial charge on any atom is 0.339 e. The summed E-state index contributed by atoms with van der Waals surface area (Å²) in [4.78, 5) is 32.7. The highest BCUT2D eigenvalue weighted by molar-refractivity contribution is 8.00. The second kappa shape index (κ2) is 16.0. The number of fused-ring (bicyclic) bond motifs is 2. The fourth-order valence-electron chi connectivity index (χ4n) is 6.63. The van der Waals surface area contributed by atoms with Crippen LogP contribution >= 0.6 is 23.5 Å². The van der Waals surface area contributed by atoms with Gasteiger partial charge < -0.3 is 8.37 Å². The number of aryl methyl sites for hydroxylation is 2. The number of hydrogen-bond acceptors (Lipinski definition) is 10. The lowest BCUT2D eigenvalue weighted by molar-refractivity contribution is 0.0971. The molecule has 6 aromatic carbocycles. The first-order chi connectivity index (χ1) is 28.1. The monoisotopic (exact) mass is 876 g/mol. The van der Waals surface area contributed by atoms with E-state index >= 15 is 9.59 Å². The summed E-state index contributed by atoms with van der Waals surface area (Å²) in [5.74, 6) is -2.36. The highest BCUT2D eigenvalue weighted by atomic mass is 32.2. The number of carbonyl (C=O) groups is 2. The van der Waals surface area contributed by atoms with Crippen LogP contribution in [0, 0.1) is 13.8 Å². The van der Waals surface area contributed by atoms with Gasteiger partial charge in [0.25, 0.3) is 0 Å². The minimum atomic E-state index is -4.55. The zero-order chi connectivity index (χ0) is 43.4. The highest BCUT2D eigenvalue weighted by Gasteiger charge is 2.41. The van der Waals surface area contributed by atoms with Crippen molar-refractivity contribution in [3.8, 4) is 11.5 Å². The molecule has 6 aromatic rings. The molecule has 0 radical (unpaired) electrons. The summed E-state index contributed by atoms with van der Waals surface area (Å²) in [6.45, 7) is 16.3. The van der Waals surface area contributed by atoms with Gasteiger partial charge >= 0.3 is 20.2 Å². The van der Waals surface area contributed by atoms with Crippen LogP contribution in [0.3, 0.4) is 0 Å². The maximum atomic E-state index is 15.3. The molecule has 1 aliphatic carbocycles. The topological polar surface area (TPSA) is 121 Å². The maximum absolute atomic E-state index is 15.3. The quantitative estimate of drug-likeness (QED) is 0.123. The third kappa shape index (κ3) is 8.83. The lowest BCUT2D eigenvalue weighted by Crippen LogP contribution is -2.26. The van der Waals surface area contributed by atoms with E-state index in [1.54, 1.807) is 50.2 Å². The minimum Gasteiger partial charge on any atom is -0.378 e. The molecule has 0 aromatic heterocycles. The molecule has 0 fully saturated rings. The smallest absolute Gasteiger partial charge is 0.339 e. The van der Waals surface area contributed by atoms with Crippen molar-refractivity contribution in [1.82, 2.24) is 0 Å². The Bertz CT molecular complexity index is 2670. The van der Waals surface area contributed by atoms with E-state index in [0.717, 1.165) is 44.2 Å². The van der Waals surface area contributed by atoms with Crippen molar-refractivity contribution in [2.24, 2.45) is 0 Å². The average molecular weight is 877 g/mol. The Labute approximate surface area is 361 Å². The molecular weight excluding hydrogens is 833 g/mol. The summed E-state index contributed by atoms with van der Waals surface area (Å²) in [5.41, 5.74) is 2.87. The lowest BCUT2D eigenvalue weighted by Gasteiger charge is -2.26. The Morgan fingerprint density at radius 3 is 1.03 bits per heavy atom. The zero-order valence-electron chi connectivity index (χ0n) is 34.4. The summed E-state index contributed by atoms with van der Waals surface area (Å²) in [5, 5.41) is 0. The molecule has 0 amide bonds. The molecule has 12 heteroatoms. The molecule has 1 aliphatic rings. The van der Waals surface area contributed by atoms with Crippen LogP contribution in [0.4, 0.5) is 0 Å². The molecule has 0 heterocycles. The standard InChI is InChI=1S/C48H44O8S4/c1-29-9-21-35(22-10-29)59(51,52)55-37-25-26-38(56-60(53,54)36-23-11-30(2)12-24-36)42-41(37)45(49)43-39(57-33-17-13-31(14-18-33)47(3,4)5)27-28-40(44(43)46(42)50)58-34-19-15-32(16-20-34)48(6,7)8/h9-28H,1-8H3. The summed E-state index contributed by atoms with van der Waals surface area (Å²) < 4.78 is 66.4. The zero-order valence-corrected chi connectivity index (χ0v) is 37.7. The Kier molecular flexibility index (Phi) is 11.5. The van der Waals surface area contributed by atoms with Gasteiger partial charge in [-0.15, -0.1) is 0 Å². The first kappa shape index (κ1) is 43.0. The highest BCUT2D eigenvalue weighted by Crippen LogP contribution is 2.47. The summed E-state index contributed by atoms with van der Waals surface area (Å²) in [7, 11) is -9.09. The van der Waals surface area contributed by atoms with Gasteiger partial charge in [-0.2, -0.15) is 16.8 Å². The molecule has 0 spiro atoms. The van der Waals surface area contributed by atoms with Gasteiger partial charge in [-0.05, 0) is 109 Å². The first-order valence-corrected chi connectivity index (χ1v) is 23.6. The molecule has 60 heavy (non-hydrogen) atoms. The Hall–Kier alpha value is -5.14. The fraction of sp³-hybridized carbons (Fsp3) is 0.208. The van der Waals surface area contributed by atoms with Gasteiger partial charge in [0.1, 0.15) is 9.79 Å². The minimum absolute atomic E-state index is 0.0323. The van der Waals surface area contributed by atoms with E-state index in [-0.39, 0.29) is 31.7 Å². The third-order valence-corrected chi connectivity index (χ3v) is 14.7. The molecule has 0 unspecified atom stereocenters. The van der Waals surface area contributed by atoms with E-state index in [2.05, 4.69) is 41.5 Å². The molecule has 0 saturated carbocycles. The Balaban J connectivity index is 1.42. The summed E-state index contributed by atoms with van der Waals surface area (Å²) >= 11 is 2.57. The summed E-state index contributed by atoms with van der Waals surface area (Å²) in [6, 6.07) is 33.6. The normalized spacial score (nSPS) is 13.1. The van der Waals surface area contributed by atoms with Crippen LogP contribution in [0.1, 0.15) is 95.6 Å². The van der Waals surface area contributed by atoms with E-state index in [4.69, 9.17) is 8.37 Å². The van der Waals surface area contributed by atoms with E-state index < -0.39 is 54.4 Å². The average Bonchev–Trinajstić information content (AvgIpc) is 3.17. The number of benzene rings is 6. The van der Waals surface area contributed by atoms with Gasteiger partial charge in [-0.25, -0.2) is 0 Å². The molecule has 7 rings (SSSR count). The van der Waals surface area contributed by atoms with E-state index in [1.165, 1.54) is 47.8 Å². The van der Waals surface area contributed by atoms with Crippen LogP contribution in [0.15, 0.2) is 151 Å². The lowest BCUT2D eigenvalue weighted by atomic mass is 9.83. The number of rotatable bonds is 10. The van der Waals surface area contributed by atoms with Gasteiger partial charge in [-0.3, -0.25) is 9.59 Å².